The number of hydrogen-bond donors (Lipinski definition) is 2. The lowest BCUT2D eigenvalue weighted by Crippen LogP contribution is -2.33. The van der Waals surface area contributed by atoms with Crippen LogP contribution >= 0.6 is 24.0 Å². The number of amides is 2. The van der Waals surface area contributed by atoms with Crippen molar-refractivity contribution in [1.29, 1.82) is 0 Å². The Bertz CT molecular complexity index is 971. The van der Waals surface area contributed by atoms with Crippen LogP contribution in [0.4, 0.5) is 0 Å². The molecule has 8 heteroatoms. The maximum atomic E-state index is 12.5. The fraction of sp³-hybridized carbons (Fsp3) is 0.100. The highest BCUT2D eigenvalue weighted by Crippen LogP contribution is 2.31. The number of hydrogen-bond acceptors (Lipinski definition) is 5. The number of thiocarbonyl (C=S) groups is 1. The zero-order valence-electron chi connectivity index (χ0n) is 14.8. The quantitative estimate of drug-likeness (QED) is 0.580. The Labute approximate surface area is 171 Å². The number of rotatable bonds is 5. The van der Waals surface area contributed by atoms with Crippen LogP contribution in [0, 0.1) is 0 Å². The van der Waals surface area contributed by atoms with Crippen molar-refractivity contribution < 1.29 is 19.5 Å². The standard InChI is InChI=1S/C20H16N2O4S2/c1-22-18(24)15(28-20(22)27)11-12-7-9-14(10-8-12)17(23)21-16(19(25)26)13-5-3-2-4-6-13/h2-11,16H,1H3,(H,21,23)(H,25,26)/b15-11+/t16-/m1/s1. The van der Waals surface area contributed by atoms with Crippen LogP contribution in [0.2, 0.25) is 0 Å². The average molecular weight is 412 g/mol. The van der Waals surface area contributed by atoms with Crippen molar-refractivity contribution in [1.82, 2.24) is 10.2 Å². The Morgan fingerprint density at radius 3 is 2.32 bits per heavy atom. The van der Waals surface area contributed by atoms with E-state index in [2.05, 4.69) is 5.32 Å². The maximum absolute atomic E-state index is 12.5. The van der Waals surface area contributed by atoms with Gasteiger partial charge in [-0.15, -0.1) is 0 Å². The molecule has 0 spiro atoms. The third kappa shape index (κ3) is 4.29. The van der Waals surface area contributed by atoms with E-state index in [-0.39, 0.29) is 5.91 Å². The minimum absolute atomic E-state index is 0.163. The first-order valence-electron chi connectivity index (χ1n) is 8.27. The van der Waals surface area contributed by atoms with Gasteiger partial charge in [0.25, 0.3) is 11.8 Å². The normalized spacial score (nSPS) is 16.3. The molecule has 2 aromatic carbocycles. The van der Waals surface area contributed by atoms with Gasteiger partial charge in [0.1, 0.15) is 4.32 Å². The molecule has 1 atom stereocenters. The molecule has 2 N–H and O–H groups in total. The number of nitrogens with zero attached hydrogens (tertiary/aromatic N) is 1. The molecular weight excluding hydrogens is 396 g/mol. The summed E-state index contributed by atoms with van der Waals surface area (Å²) in [6.07, 6.45) is 1.70. The van der Waals surface area contributed by atoms with Gasteiger partial charge in [0.2, 0.25) is 0 Å². The first kappa shape index (κ1) is 19.8. The first-order valence-corrected chi connectivity index (χ1v) is 9.49. The van der Waals surface area contributed by atoms with E-state index in [1.165, 1.54) is 16.7 Å². The Balaban J connectivity index is 1.74. The molecule has 1 fully saturated rings. The molecule has 1 saturated heterocycles. The van der Waals surface area contributed by atoms with Crippen molar-refractivity contribution in [2.24, 2.45) is 0 Å². The van der Waals surface area contributed by atoms with Gasteiger partial charge < -0.3 is 10.4 Å². The maximum Gasteiger partial charge on any atom is 0.330 e. The molecule has 1 heterocycles. The summed E-state index contributed by atoms with van der Waals surface area (Å²) in [5, 5.41) is 11.9. The summed E-state index contributed by atoms with van der Waals surface area (Å²) < 4.78 is 0.493. The Morgan fingerprint density at radius 1 is 1.14 bits per heavy atom. The number of nitrogens with one attached hydrogen (secondary N) is 1. The molecule has 1 aliphatic rings. The molecule has 0 bridgehead atoms. The van der Waals surface area contributed by atoms with Crippen molar-refractivity contribution in [2.45, 2.75) is 6.04 Å². The Morgan fingerprint density at radius 2 is 1.79 bits per heavy atom. The van der Waals surface area contributed by atoms with Gasteiger partial charge >= 0.3 is 5.97 Å². The Kier molecular flexibility index (Phi) is 5.91. The van der Waals surface area contributed by atoms with Crippen LogP contribution in [-0.4, -0.2) is 39.2 Å². The predicted molar refractivity (Wildman–Crippen MR) is 112 cm³/mol. The molecule has 0 saturated carbocycles. The second kappa shape index (κ2) is 8.37. The van der Waals surface area contributed by atoms with E-state index in [9.17, 15) is 19.5 Å². The van der Waals surface area contributed by atoms with Gasteiger partial charge in [-0.3, -0.25) is 14.5 Å². The number of carbonyl (C=O) groups excluding carboxylic acids is 2. The third-order valence-corrected chi connectivity index (χ3v) is 5.60. The van der Waals surface area contributed by atoms with E-state index in [1.807, 2.05) is 0 Å². The zero-order valence-corrected chi connectivity index (χ0v) is 16.4. The summed E-state index contributed by atoms with van der Waals surface area (Å²) >= 11 is 6.32. The number of likely N-dealkylation sites (N-methyl/N-ethyl adjacent to an activating group) is 1. The number of thioether (sulfide) groups is 1. The van der Waals surface area contributed by atoms with Gasteiger partial charge in [0.15, 0.2) is 6.04 Å². The predicted octanol–water partition coefficient (Wildman–Crippen LogP) is 3.07. The van der Waals surface area contributed by atoms with Crippen LogP contribution in [-0.2, 0) is 9.59 Å². The fourth-order valence-corrected chi connectivity index (χ4v) is 3.75. The molecule has 28 heavy (non-hydrogen) atoms. The molecule has 3 rings (SSSR count). The van der Waals surface area contributed by atoms with E-state index in [4.69, 9.17) is 12.2 Å². The Hall–Kier alpha value is -2.97. The van der Waals surface area contributed by atoms with E-state index in [0.717, 1.165) is 5.56 Å². The van der Waals surface area contributed by atoms with E-state index in [0.29, 0.717) is 20.4 Å². The van der Waals surface area contributed by atoms with Gasteiger partial charge in [0.05, 0.1) is 4.91 Å². The van der Waals surface area contributed by atoms with Crippen LogP contribution in [0.25, 0.3) is 6.08 Å². The highest BCUT2D eigenvalue weighted by Gasteiger charge is 2.28. The summed E-state index contributed by atoms with van der Waals surface area (Å²) in [5.74, 6) is -1.80. The molecule has 6 nitrogen and oxygen atoms in total. The summed E-state index contributed by atoms with van der Waals surface area (Å²) in [6.45, 7) is 0. The molecule has 0 aliphatic carbocycles. The smallest absolute Gasteiger partial charge is 0.330 e. The van der Waals surface area contributed by atoms with Crippen LogP contribution in [0.15, 0.2) is 59.5 Å². The number of carboxylic acid groups (broad SMARTS) is 1. The van der Waals surface area contributed by atoms with Crippen molar-refractivity contribution in [3.8, 4) is 0 Å². The highest BCUT2D eigenvalue weighted by molar-refractivity contribution is 8.26. The largest absolute Gasteiger partial charge is 0.479 e. The van der Waals surface area contributed by atoms with Crippen LogP contribution in [0.3, 0.4) is 0 Å². The molecule has 2 amide bonds. The van der Waals surface area contributed by atoms with Gasteiger partial charge in [-0.2, -0.15) is 0 Å². The second-order valence-corrected chi connectivity index (χ2v) is 7.69. The van der Waals surface area contributed by atoms with Crippen LogP contribution in [0.5, 0.6) is 0 Å². The number of carboxylic acids is 1. The number of benzene rings is 2. The average Bonchev–Trinajstić information content (AvgIpc) is 2.93. The van der Waals surface area contributed by atoms with Gasteiger partial charge in [-0.1, -0.05) is 66.4 Å². The molecule has 0 radical (unpaired) electrons. The third-order valence-electron chi connectivity index (χ3n) is 4.11. The van der Waals surface area contributed by atoms with Crippen molar-refractivity contribution >= 4 is 52.2 Å². The van der Waals surface area contributed by atoms with Gasteiger partial charge in [-0.05, 0) is 29.3 Å². The molecule has 142 valence electrons. The van der Waals surface area contributed by atoms with E-state index in [1.54, 1.807) is 67.7 Å². The minimum atomic E-state index is -1.14. The highest BCUT2D eigenvalue weighted by atomic mass is 32.2. The SMILES string of the molecule is CN1C(=O)/C(=C\c2ccc(C(=O)N[C@@H](C(=O)O)c3ccccc3)cc2)SC1=S. The van der Waals surface area contributed by atoms with E-state index >= 15 is 0 Å². The lowest BCUT2D eigenvalue weighted by Gasteiger charge is -2.15. The fourth-order valence-electron chi connectivity index (χ4n) is 2.58. The topological polar surface area (TPSA) is 86.7 Å². The molecule has 1 aliphatic heterocycles. The van der Waals surface area contributed by atoms with Crippen LogP contribution in [0.1, 0.15) is 27.5 Å². The van der Waals surface area contributed by atoms with Gasteiger partial charge in [-0.25, -0.2) is 4.79 Å². The summed E-state index contributed by atoms with van der Waals surface area (Å²) in [5.41, 5.74) is 1.55. The molecule has 2 aromatic rings. The number of aliphatic carboxylic acids is 1. The summed E-state index contributed by atoms with van der Waals surface area (Å²) in [7, 11) is 1.62. The lowest BCUT2D eigenvalue weighted by atomic mass is 10.1. The second-order valence-electron chi connectivity index (χ2n) is 6.02. The van der Waals surface area contributed by atoms with E-state index < -0.39 is 17.9 Å². The van der Waals surface area contributed by atoms with Crippen molar-refractivity contribution in [2.75, 3.05) is 7.05 Å². The summed E-state index contributed by atoms with van der Waals surface area (Å²) in [4.78, 5) is 37.9. The lowest BCUT2D eigenvalue weighted by molar-refractivity contribution is -0.139. The summed E-state index contributed by atoms with van der Waals surface area (Å²) in [6, 6.07) is 13.9. The molecular formula is C20H16N2O4S2. The molecule has 0 aromatic heterocycles. The number of carbonyl (C=O) groups is 3. The van der Waals surface area contributed by atoms with Gasteiger partial charge in [0, 0.05) is 12.6 Å². The zero-order chi connectivity index (χ0) is 20.3. The van der Waals surface area contributed by atoms with Crippen molar-refractivity contribution in [3.63, 3.8) is 0 Å². The first-order chi connectivity index (χ1) is 13.4. The van der Waals surface area contributed by atoms with Crippen LogP contribution < -0.4 is 5.32 Å². The van der Waals surface area contributed by atoms with Crippen molar-refractivity contribution in [3.05, 3.63) is 76.2 Å². The minimum Gasteiger partial charge on any atom is -0.479 e. The monoisotopic (exact) mass is 412 g/mol. The molecule has 0 unspecified atom stereocenters.